The molecule has 0 aromatic heterocycles. The number of phenolic OH excluding ortho intramolecular Hbond substituents is 1. The number of imide groups is 1. The van der Waals surface area contributed by atoms with Crippen molar-refractivity contribution >= 4 is 17.9 Å². The van der Waals surface area contributed by atoms with E-state index in [1.807, 2.05) is 39.1 Å². The monoisotopic (exact) mass is 364 g/mol. The van der Waals surface area contributed by atoms with E-state index in [1.165, 1.54) is 0 Å². The maximum atomic E-state index is 12.6. The Morgan fingerprint density at radius 3 is 2.04 bits per heavy atom. The van der Waals surface area contributed by atoms with Crippen LogP contribution in [0.25, 0.3) is 0 Å². The molecule has 1 aromatic carbocycles. The average molecular weight is 364 g/mol. The van der Waals surface area contributed by atoms with Gasteiger partial charge in [-0.2, -0.15) is 0 Å². The number of hydrogen-bond donors (Lipinski definition) is 3. The molecule has 1 rings (SSSR count). The van der Waals surface area contributed by atoms with Gasteiger partial charge in [0.25, 0.3) is 5.91 Å². The van der Waals surface area contributed by atoms with E-state index in [0.29, 0.717) is 5.56 Å². The standard InChI is InChI=1S/C19H28N2O5/c1-9(2)12-7-13(10(3)4)15(22)14(8-12)18(24)26-16(11(5)6)17(23)21-19(20)25/h7-11,16,22H,1-6H3,(H3,20,21,23,25)/t16-/m1/s1. The molecule has 144 valence electrons. The third-order valence-electron chi connectivity index (χ3n) is 4.01. The molecule has 0 aliphatic rings. The maximum absolute atomic E-state index is 12.6. The number of esters is 1. The highest BCUT2D eigenvalue weighted by molar-refractivity contribution is 5.99. The maximum Gasteiger partial charge on any atom is 0.342 e. The summed E-state index contributed by atoms with van der Waals surface area (Å²) in [5.74, 6) is -2.04. The molecular formula is C19H28N2O5. The van der Waals surface area contributed by atoms with Crippen LogP contribution in [0.2, 0.25) is 0 Å². The number of hydrogen-bond acceptors (Lipinski definition) is 5. The Bertz CT molecular complexity index is 695. The summed E-state index contributed by atoms with van der Waals surface area (Å²) in [6.45, 7) is 11.1. The Labute approximate surface area is 153 Å². The van der Waals surface area contributed by atoms with Crippen LogP contribution in [0.4, 0.5) is 4.79 Å². The van der Waals surface area contributed by atoms with Gasteiger partial charge in [0.1, 0.15) is 11.3 Å². The predicted octanol–water partition coefficient (Wildman–Crippen LogP) is 3.02. The molecule has 4 N–H and O–H groups in total. The van der Waals surface area contributed by atoms with E-state index in [-0.39, 0.29) is 23.1 Å². The summed E-state index contributed by atoms with van der Waals surface area (Å²) >= 11 is 0. The number of aromatic hydroxyl groups is 1. The van der Waals surface area contributed by atoms with Crippen LogP contribution in [0.1, 0.15) is 74.9 Å². The van der Waals surface area contributed by atoms with Crippen LogP contribution in [0.5, 0.6) is 5.75 Å². The number of carbonyl (C=O) groups is 3. The van der Waals surface area contributed by atoms with E-state index >= 15 is 0 Å². The first-order valence-corrected chi connectivity index (χ1v) is 8.63. The lowest BCUT2D eigenvalue weighted by Gasteiger charge is -2.21. The van der Waals surface area contributed by atoms with Crippen LogP contribution < -0.4 is 11.1 Å². The van der Waals surface area contributed by atoms with Crippen molar-refractivity contribution < 1.29 is 24.2 Å². The van der Waals surface area contributed by atoms with Gasteiger partial charge in [-0.15, -0.1) is 0 Å². The molecule has 0 aliphatic heterocycles. The normalized spacial score (nSPS) is 12.3. The van der Waals surface area contributed by atoms with Crippen molar-refractivity contribution in [3.05, 3.63) is 28.8 Å². The van der Waals surface area contributed by atoms with E-state index in [4.69, 9.17) is 10.5 Å². The lowest BCUT2D eigenvalue weighted by Crippen LogP contribution is -2.45. The quantitative estimate of drug-likeness (QED) is 0.670. The zero-order valence-corrected chi connectivity index (χ0v) is 16.1. The number of nitrogens with two attached hydrogens (primary N) is 1. The van der Waals surface area contributed by atoms with E-state index in [0.717, 1.165) is 5.56 Å². The molecule has 1 aromatic rings. The Hall–Kier alpha value is -2.57. The largest absolute Gasteiger partial charge is 0.507 e. The van der Waals surface area contributed by atoms with Crippen molar-refractivity contribution in [1.29, 1.82) is 0 Å². The Morgan fingerprint density at radius 2 is 1.62 bits per heavy atom. The fourth-order valence-corrected chi connectivity index (χ4v) is 2.47. The highest BCUT2D eigenvalue weighted by Gasteiger charge is 2.30. The molecule has 7 nitrogen and oxygen atoms in total. The predicted molar refractivity (Wildman–Crippen MR) is 98.1 cm³/mol. The minimum Gasteiger partial charge on any atom is -0.507 e. The molecule has 0 unspecified atom stereocenters. The molecule has 0 fully saturated rings. The molecule has 3 amide bonds. The second-order valence-electron chi connectivity index (χ2n) is 7.24. The number of primary amides is 1. The highest BCUT2D eigenvalue weighted by atomic mass is 16.5. The molecule has 0 saturated heterocycles. The number of urea groups is 1. The average Bonchev–Trinajstić information content (AvgIpc) is 2.50. The second-order valence-corrected chi connectivity index (χ2v) is 7.24. The zero-order chi connectivity index (χ0) is 20.2. The van der Waals surface area contributed by atoms with Crippen molar-refractivity contribution in [3.8, 4) is 5.75 Å². The summed E-state index contributed by atoms with van der Waals surface area (Å²) in [4.78, 5) is 35.6. The van der Waals surface area contributed by atoms with Gasteiger partial charge in [-0.05, 0) is 34.9 Å². The SMILES string of the molecule is CC(C)c1cc(C(=O)O[C@@H](C(=O)NC(N)=O)C(C)C)c(O)c(C(C)C)c1. The van der Waals surface area contributed by atoms with Gasteiger partial charge in [-0.1, -0.05) is 47.6 Å². The van der Waals surface area contributed by atoms with Crippen LogP contribution in [-0.4, -0.2) is 29.1 Å². The Kier molecular flexibility index (Phi) is 7.18. The van der Waals surface area contributed by atoms with Gasteiger partial charge in [0, 0.05) is 0 Å². The molecule has 0 bridgehead atoms. The summed E-state index contributed by atoms with van der Waals surface area (Å²) in [5, 5.41) is 12.4. The number of phenols is 1. The number of benzene rings is 1. The van der Waals surface area contributed by atoms with E-state index < -0.39 is 29.9 Å². The minimum absolute atomic E-state index is 0.000643. The number of amides is 3. The summed E-state index contributed by atoms with van der Waals surface area (Å²) in [6, 6.07) is 2.40. The smallest absolute Gasteiger partial charge is 0.342 e. The highest BCUT2D eigenvalue weighted by Crippen LogP contribution is 2.33. The van der Waals surface area contributed by atoms with Crippen molar-refractivity contribution in [3.63, 3.8) is 0 Å². The molecule has 0 heterocycles. The van der Waals surface area contributed by atoms with Gasteiger partial charge in [0.15, 0.2) is 6.10 Å². The van der Waals surface area contributed by atoms with Crippen molar-refractivity contribution in [2.24, 2.45) is 11.7 Å². The fourth-order valence-electron chi connectivity index (χ4n) is 2.47. The summed E-state index contributed by atoms with van der Waals surface area (Å²) < 4.78 is 5.29. The van der Waals surface area contributed by atoms with E-state index in [2.05, 4.69) is 0 Å². The summed E-state index contributed by atoms with van der Waals surface area (Å²) in [7, 11) is 0. The molecule has 0 aliphatic carbocycles. The van der Waals surface area contributed by atoms with Crippen LogP contribution in [-0.2, 0) is 9.53 Å². The molecule has 1 atom stereocenters. The third kappa shape index (κ3) is 5.21. The van der Waals surface area contributed by atoms with Crippen molar-refractivity contribution in [2.75, 3.05) is 0 Å². The molecule has 0 saturated carbocycles. The summed E-state index contributed by atoms with van der Waals surface area (Å²) in [5.41, 5.74) is 6.46. The number of carbonyl (C=O) groups excluding carboxylic acids is 3. The number of ether oxygens (including phenoxy) is 1. The topological polar surface area (TPSA) is 119 Å². The Balaban J connectivity index is 3.26. The fraction of sp³-hybridized carbons (Fsp3) is 0.526. The number of nitrogens with one attached hydrogen (secondary N) is 1. The molecular weight excluding hydrogens is 336 g/mol. The third-order valence-corrected chi connectivity index (χ3v) is 4.01. The molecule has 26 heavy (non-hydrogen) atoms. The van der Waals surface area contributed by atoms with Crippen molar-refractivity contribution in [2.45, 2.75) is 59.5 Å². The van der Waals surface area contributed by atoms with Gasteiger partial charge in [-0.25, -0.2) is 9.59 Å². The van der Waals surface area contributed by atoms with Crippen LogP contribution >= 0.6 is 0 Å². The van der Waals surface area contributed by atoms with Gasteiger partial charge < -0.3 is 15.6 Å². The van der Waals surface area contributed by atoms with Crippen LogP contribution in [0.3, 0.4) is 0 Å². The molecule has 7 heteroatoms. The second kappa shape index (κ2) is 8.69. The van der Waals surface area contributed by atoms with Crippen LogP contribution in [0, 0.1) is 5.92 Å². The van der Waals surface area contributed by atoms with Gasteiger partial charge in [0.2, 0.25) is 0 Å². The van der Waals surface area contributed by atoms with E-state index in [1.54, 1.807) is 19.9 Å². The molecule has 0 spiro atoms. The Morgan fingerprint density at radius 1 is 1.04 bits per heavy atom. The number of rotatable bonds is 6. The minimum atomic E-state index is -1.21. The van der Waals surface area contributed by atoms with E-state index in [9.17, 15) is 19.5 Å². The zero-order valence-electron chi connectivity index (χ0n) is 16.1. The first-order valence-electron chi connectivity index (χ1n) is 8.63. The van der Waals surface area contributed by atoms with Gasteiger partial charge in [0.05, 0.1) is 0 Å². The lowest BCUT2D eigenvalue weighted by atomic mass is 9.92. The van der Waals surface area contributed by atoms with Crippen molar-refractivity contribution in [1.82, 2.24) is 5.32 Å². The van der Waals surface area contributed by atoms with Crippen LogP contribution in [0.15, 0.2) is 12.1 Å². The first kappa shape index (κ1) is 21.5. The molecule has 0 radical (unpaired) electrons. The lowest BCUT2D eigenvalue weighted by molar-refractivity contribution is -0.130. The van der Waals surface area contributed by atoms with Gasteiger partial charge >= 0.3 is 12.0 Å². The first-order chi connectivity index (χ1) is 12.0. The van der Waals surface area contributed by atoms with Gasteiger partial charge in [-0.3, -0.25) is 10.1 Å². The summed E-state index contributed by atoms with van der Waals surface area (Å²) in [6.07, 6.45) is -1.21.